The maximum atomic E-state index is 8.98. The highest BCUT2D eigenvalue weighted by Gasteiger charge is 2.50. The van der Waals surface area contributed by atoms with Gasteiger partial charge in [-0.3, -0.25) is 0 Å². The number of rotatable bonds is 5. The molecule has 11 heavy (non-hydrogen) atoms. The molecule has 2 heteroatoms. The van der Waals surface area contributed by atoms with E-state index >= 15 is 0 Å². The average Bonchev–Trinajstić information content (AvgIpc) is 2.64. The fraction of sp³-hybridized carbons (Fsp3) is 1.00. The summed E-state index contributed by atoms with van der Waals surface area (Å²) in [6.45, 7) is 2.61. The molecule has 2 atom stereocenters. The molecular weight excluding hydrogens is 251 g/mol. The molecule has 0 aromatic heterocycles. The van der Waals surface area contributed by atoms with Gasteiger partial charge in [0, 0.05) is 3.42 Å². The molecule has 0 heterocycles. The summed E-state index contributed by atoms with van der Waals surface area (Å²) in [5.74, 6) is 0.819. The summed E-state index contributed by atoms with van der Waals surface area (Å²) in [4.78, 5) is 0. The Morgan fingerprint density at radius 2 is 2.27 bits per heavy atom. The molecule has 1 fully saturated rings. The third-order valence-corrected chi connectivity index (χ3v) is 4.24. The van der Waals surface area contributed by atoms with Crippen molar-refractivity contribution in [2.45, 2.75) is 42.4 Å². The highest BCUT2D eigenvalue weighted by Crippen LogP contribution is 2.53. The van der Waals surface area contributed by atoms with Crippen molar-refractivity contribution in [3.63, 3.8) is 0 Å². The minimum Gasteiger partial charge on any atom is -0.395 e. The first-order valence-electron chi connectivity index (χ1n) is 4.52. The Balaban J connectivity index is 2.04. The van der Waals surface area contributed by atoms with Gasteiger partial charge in [-0.15, -0.1) is 0 Å². The third kappa shape index (κ3) is 2.58. The molecule has 0 bridgehead atoms. The monoisotopic (exact) mass is 268 g/mol. The van der Waals surface area contributed by atoms with Crippen LogP contribution >= 0.6 is 22.6 Å². The number of hydrogen-bond donors (Lipinski definition) is 1. The van der Waals surface area contributed by atoms with Gasteiger partial charge in [0.05, 0.1) is 6.61 Å². The van der Waals surface area contributed by atoms with Gasteiger partial charge >= 0.3 is 0 Å². The molecule has 1 rings (SSSR count). The molecule has 0 aromatic carbocycles. The number of hydrogen-bond acceptors (Lipinski definition) is 1. The molecule has 0 aliphatic heterocycles. The molecule has 0 unspecified atom stereocenters. The van der Waals surface area contributed by atoms with Crippen LogP contribution in [0.4, 0.5) is 0 Å². The zero-order valence-electron chi connectivity index (χ0n) is 7.15. The number of aliphatic hydroxyl groups is 1. The van der Waals surface area contributed by atoms with Gasteiger partial charge in [-0.05, 0) is 18.8 Å². The fourth-order valence-electron chi connectivity index (χ4n) is 1.55. The number of unbranched alkanes of at least 4 members (excludes halogenated alkanes) is 2. The van der Waals surface area contributed by atoms with Crippen molar-refractivity contribution in [1.29, 1.82) is 0 Å². The molecule has 1 N–H and O–H groups in total. The predicted octanol–water partition coefficient (Wildman–Crippen LogP) is 2.75. The lowest BCUT2D eigenvalue weighted by atomic mass is 10.1. The molecule has 0 saturated heterocycles. The molecule has 1 saturated carbocycles. The summed E-state index contributed by atoms with van der Waals surface area (Å²) in [5.41, 5.74) is 0. The summed E-state index contributed by atoms with van der Waals surface area (Å²) in [6.07, 6.45) is 6.59. The second-order valence-electron chi connectivity index (χ2n) is 3.59. The zero-order chi connectivity index (χ0) is 8.32. The van der Waals surface area contributed by atoms with E-state index in [1.807, 2.05) is 0 Å². The van der Waals surface area contributed by atoms with Crippen LogP contribution in [0.25, 0.3) is 0 Å². The van der Waals surface area contributed by atoms with Crippen molar-refractivity contribution in [2.75, 3.05) is 6.61 Å². The first kappa shape index (κ1) is 9.78. The fourth-order valence-corrected chi connectivity index (χ4v) is 2.39. The molecule has 1 nitrogen and oxygen atoms in total. The second kappa shape index (κ2) is 4.08. The zero-order valence-corrected chi connectivity index (χ0v) is 9.30. The van der Waals surface area contributed by atoms with E-state index in [1.54, 1.807) is 0 Å². The highest BCUT2D eigenvalue weighted by molar-refractivity contribution is 14.1. The van der Waals surface area contributed by atoms with Gasteiger partial charge in [0.15, 0.2) is 0 Å². The molecule has 1 aliphatic carbocycles. The van der Waals surface area contributed by atoms with E-state index in [0.717, 1.165) is 5.92 Å². The van der Waals surface area contributed by atoms with Gasteiger partial charge in [0.1, 0.15) is 0 Å². The molecule has 1 aliphatic rings. The van der Waals surface area contributed by atoms with Crippen LogP contribution < -0.4 is 0 Å². The smallest absolute Gasteiger partial charge is 0.0580 e. The maximum absolute atomic E-state index is 8.98. The van der Waals surface area contributed by atoms with E-state index in [2.05, 4.69) is 29.5 Å². The van der Waals surface area contributed by atoms with Crippen LogP contribution in [0.3, 0.4) is 0 Å². The van der Waals surface area contributed by atoms with Crippen molar-refractivity contribution in [2.24, 2.45) is 5.92 Å². The minimum absolute atomic E-state index is 0.283. The van der Waals surface area contributed by atoms with Crippen LogP contribution in [0.2, 0.25) is 0 Å². The highest BCUT2D eigenvalue weighted by atomic mass is 127. The van der Waals surface area contributed by atoms with Gasteiger partial charge in [0.2, 0.25) is 0 Å². The van der Waals surface area contributed by atoms with E-state index in [0.29, 0.717) is 6.61 Å². The third-order valence-electron chi connectivity index (χ3n) is 2.58. The predicted molar refractivity (Wildman–Crippen MR) is 56.1 cm³/mol. The molecule has 66 valence electrons. The Bertz CT molecular complexity index is 127. The molecule has 0 spiro atoms. The van der Waals surface area contributed by atoms with Crippen LogP contribution in [0.1, 0.15) is 39.0 Å². The quantitative estimate of drug-likeness (QED) is 0.462. The average molecular weight is 268 g/mol. The first-order valence-corrected chi connectivity index (χ1v) is 5.60. The van der Waals surface area contributed by atoms with Gasteiger partial charge < -0.3 is 5.11 Å². The number of alkyl halides is 1. The summed E-state index contributed by atoms with van der Waals surface area (Å²) in [6, 6.07) is 0. The first-order chi connectivity index (χ1) is 5.23. The summed E-state index contributed by atoms with van der Waals surface area (Å²) in [7, 11) is 0. The topological polar surface area (TPSA) is 20.2 Å². The van der Waals surface area contributed by atoms with E-state index in [9.17, 15) is 0 Å². The van der Waals surface area contributed by atoms with Crippen LogP contribution in [0, 0.1) is 5.92 Å². The SMILES string of the molecule is CCCCC[C@H]1C[C@]1(I)CO. The molecule has 0 aromatic rings. The lowest BCUT2D eigenvalue weighted by Crippen LogP contribution is -2.07. The maximum Gasteiger partial charge on any atom is 0.0580 e. The lowest BCUT2D eigenvalue weighted by molar-refractivity contribution is 0.286. The Labute approximate surface area is 82.7 Å². The molecule has 0 radical (unpaired) electrons. The van der Waals surface area contributed by atoms with E-state index in [-0.39, 0.29) is 3.42 Å². The van der Waals surface area contributed by atoms with Crippen molar-refractivity contribution < 1.29 is 5.11 Å². The van der Waals surface area contributed by atoms with Crippen molar-refractivity contribution >= 4 is 22.6 Å². The summed E-state index contributed by atoms with van der Waals surface area (Å²) >= 11 is 2.42. The van der Waals surface area contributed by atoms with Crippen molar-refractivity contribution in [1.82, 2.24) is 0 Å². The van der Waals surface area contributed by atoms with Crippen LogP contribution in [-0.2, 0) is 0 Å². The van der Waals surface area contributed by atoms with Gasteiger partial charge in [-0.25, -0.2) is 0 Å². The van der Waals surface area contributed by atoms with Gasteiger partial charge in [0.25, 0.3) is 0 Å². The Morgan fingerprint density at radius 1 is 1.55 bits per heavy atom. The van der Waals surface area contributed by atoms with Crippen LogP contribution in [-0.4, -0.2) is 15.1 Å². The summed E-state index contributed by atoms with van der Waals surface area (Å²) < 4.78 is 0.283. The number of aliphatic hydroxyl groups excluding tert-OH is 1. The Kier molecular flexibility index (Phi) is 3.62. The van der Waals surface area contributed by atoms with Gasteiger partial charge in [-0.2, -0.15) is 0 Å². The minimum atomic E-state index is 0.283. The molecular formula is C9H17IO. The molecule has 0 amide bonds. The summed E-state index contributed by atoms with van der Waals surface area (Å²) in [5, 5.41) is 8.98. The van der Waals surface area contributed by atoms with Crippen molar-refractivity contribution in [3.05, 3.63) is 0 Å². The largest absolute Gasteiger partial charge is 0.395 e. The van der Waals surface area contributed by atoms with E-state index in [1.165, 1.54) is 32.1 Å². The van der Waals surface area contributed by atoms with Crippen LogP contribution in [0.5, 0.6) is 0 Å². The standard InChI is InChI=1S/C9H17IO/c1-2-3-4-5-8-6-9(8,10)7-11/h8,11H,2-7H2,1H3/t8-,9-/m0/s1. The Hall–Kier alpha value is 0.690. The second-order valence-corrected chi connectivity index (χ2v) is 5.74. The van der Waals surface area contributed by atoms with E-state index < -0.39 is 0 Å². The van der Waals surface area contributed by atoms with Gasteiger partial charge in [-0.1, -0.05) is 48.8 Å². The number of halogens is 1. The Morgan fingerprint density at radius 3 is 2.73 bits per heavy atom. The van der Waals surface area contributed by atoms with E-state index in [4.69, 9.17) is 5.11 Å². The van der Waals surface area contributed by atoms with Crippen LogP contribution in [0.15, 0.2) is 0 Å². The normalized spacial score (nSPS) is 35.7. The lowest BCUT2D eigenvalue weighted by Gasteiger charge is -2.03. The van der Waals surface area contributed by atoms with Crippen molar-refractivity contribution in [3.8, 4) is 0 Å².